The van der Waals surface area contributed by atoms with Crippen molar-refractivity contribution >= 4 is 11.6 Å². The highest BCUT2D eigenvalue weighted by molar-refractivity contribution is 6.32. The van der Waals surface area contributed by atoms with Gasteiger partial charge in [0.2, 0.25) is 0 Å². The Labute approximate surface area is 102 Å². The Bertz CT molecular complexity index is 338. The van der Waals surface area contributed by atoms with Crippen molar-refractivity contribution in [1.29, 1.82) is 0 Å². The predicted molar refractivity (Wildman–Crippen MR) is 69.2 cm³/mol. The lowest BCUT2D eigenvalue weighted by molar-refractivity contribution is 0.348. The minimum absolute atomic E-state index is 0.500. The number of benzene rings is 1. The first kappa shape index (κ1) is 13.1. The van der Waals surface area contributed by atoms with Gasteiger partial charge in [0.05, 0.1) is 5.02 Å². The van der Waals surface area contributed by atoms with E-state index < -0.39 is 0 Å². The van der Waals surface area contributed by atoms with E-state index in [1.165, 1.54) is 0 Å². The topological polar surface area (TPSA) is 21.3 Å². The van der Waals surface area contributed by atoms with Crippen LogP contribution in [-0.2, 0) is 0 Å². The Hall–Kier alpha value is -0.990. The molecule has 16 heavy (non-hydrogen) atoms. The molecule has 0 aliphatic heterocycles. The zero-order chi connectivity index (χ0) is 11.8. The van der Waals surface area contributed by atoms with Crippen LogP contribution in [0.1, 0.15) is 13.3 Å². The van der Waals surface area contributed by atoms with Gasteiger partial charge in [0.1, 0.15) is 12.4 Å². The summed E-state index contributed by atoms with van der Waals surface area (Å²) in [4.78, 5) is 0. The highest BCUT2D eigenvalue weighted by Gasteiger charge is 2.00. The van der Waals surface area contributed by atoms with Crippen molar-refractivity contribution in [2.24, 2.45) is 0 Å². The summed E-state index contributed by atoms with van der Waals surface area (Å²) in [5.74, 6) is 0.709. The van der Waals surface area contributed by atoms with Crippen LogP contribution < -0.4 is 10.1 Å². The summed E-state index contributed by atoms with van der Waals surface area (Å²) >= 11 is 5.96. The van der Waals surface area contributed by atoms with Crippen LogP contribution in [0.4, 0.5) is 0 Å². The van der Waals surface area contributed by atoms with Crippen LogP contribution in [0.25, 0.3) is 0 Å². The summed E-state index contributed by atoms with van der Waals surface area (Å²) in [5, 5.41) is 3.91. The molecule has 0 fully saturated rings. The molecule has 0 unspecified atom stereocenters. The van der Waals surface area contributed by atoms with E-state index in [9.17, 15) is 0 Å². The van der Waals surface area contributed by atoms with Crippen LogP contribution in [0.2, 0.25) is 5.02 Å². The molecule has 0 bridgehead atoms. The average Bonchev–Trinajstić information content (AvgIpc) is 2.28. The number of hydrogen-bond acceptors (Lipinski definition) is 2. The second-order valence-electron chi connectivity index (χ2n) is 3.65. The first-order valence-corrected chi connectivity index (χ1v) is 5.86. The third kappa shape index (κ3) is 4.69. The molecule has 1 N–H and O–H groups in total. The molecule has 0 aliphatic carbocycles. The van der Waals surface area contributed by atoms with Gasteiger partial charge in [-0.05, 0) is 30.7 Å². The van der Waals surface area contributed by atoms with E-state index in [1.807, 2.05) is 24.3 Å². The Balaban J connectivity index is 2.29. The van der Waals surface area contributed by atoms with Crippen molar-refractivity contribution in [3.05, 3.63) is 41.4 Å². The normalized spacial score (nSPS) is 10.1. The lowest BCUT2D eigenvalue weighted by atomic mass is 10.3. The van der Waals surface area contributed by atoms with Crippen molar-refractivity contribution in [2.75, 3.05) is 19.7 Å². The summed E-state index contributed by atoms with van der Waals surface area (Å²) in [5.41, 5.74) is 1.02. The first-order chi connectivity index (χ1) is 7.74. The Morgan fingerprint density at radius 2 is 2.19 bits per heavy atom. The molecule has 0 saturated heterocycles. The van der Waals surface area contributed by atoms with E-state index >= 15 is 0 Å². The van der Waals surface area contributed by atoms with E-state index in [0.717, 1.165) is 25.1 Å². The SMILES string of the molecule is C=C(CNCCC)COc1ccccc1Cl. The second kappa shape index (κ2) is 7.31. The molecule has 0 atom stereocenters. The third-order valence-electron chi connectivity index (χ3n) is 2.07. The maximum atomic E-state index is 5.96. The van der Waals surface area contributed by atoms with Gasteiger partial charge in [-0.1, -0.05) is 37.2 Å². The smallest absolute Gasteiger partial charge is 0.138 e. The van der Waals surface area contributed by atoms with Crippen LogP contribution in [-0.4, -0.2) is 19.7 Å². The monoisotopic (exact) mass is 239 g/mol. The lowest BCUT2D eigenvalue weighted by Gasteiger charge is -2.10. The average molecular weight is 240 g/mol. The van der Waals surface area contributed by atoms with Crippen molar-refractivity contribution in [1.82, 2.24) is 5.32 Å². The third-order valence-corrected chi connectivity index (χ3v) is 2.38. The first-order valence-electron chi connectivity index (χ1n) is 5.48. The number of rotatable bonds is 7. The molecule has 2 nitrogen and oxygen atoms in total. The molecule has 0 aliphatic rings. The molecule has 0 radical (unpaired) electrons. The zero-order valence-corrected chi connectivity index (χ0v) is 10.4. The van der Waals surface area contributed by atoms with Crippen LogP contribution in [0, 0.1) is 0 Å². The van der Waals surface area contributed by atoms with Crippen LogP contribution in [0.5, 0.6) is 5.75 Å². The molecule has 88 valence electrons. The molecule has 1 aromatic rings. The van der Waals surface area contributed by atoms with E-state index in [4.69, 9.17) is 16.3 Å². The van der Waals surface area contributed by atoms with E-state index in [2.05, 4.69) is 18.8 Å². The molecule has 0 saturated carbocycles. The van der Waals surface area contributed by atoms with Gasteiger partial charge in [0.25, 0.3) is 0 Å². The van der Waals surface area contributed by atoms with Gasteiger partial charge in [0, 0.05) is 6.54 Å². The van der Waals surface area contributed by atoms with Crippen molar-refractivity contribution < 1.29 is 4.74 Å². The Kier molecular flexibility index (Phi) is 5.98. The minimum atomic E-state index is 0.500. The van der Waals surface area contributed by atoms with Crippen LogP contribution in [0.15, 0.2) is 36.4 Å². The van der Waals surface area contributed by atoms with E-state index in [1.54, 1.807) is 0 Å². The Morgan fingerprint density at radius 3 is 2.88 bits per heavy atom. The number of para-hydroxylation sites is 1. The molecule has 1 aromatic carbocycles. The molecule has 3 heteroatoms. The van der Waals surface area contributed by atoms with E-state index in [0.29, 0.717) is 17.4 Å². The summed E-state index contributed by atoms with van der Waals surface area (Å²) in [6.45, 7) is 8.37. The summed E-state index contributed by atoms with van der Waals surface area (Å²) in [6.07, 6.45) is 1.12. The van der Waals surface area contributed by atoms with Gasteiger partial charge in [-0.25, -0.2) is 0 Å². The minimum Gasteiger partial charge on any atom is -0.488 e. The standard InChI is InChI=1S/C13H18ClNO/c1-3-8-15-9-11(2)10-16-13-7-5-4-6-12(13)14/h4-7,15H,2-3,8-10H2,1H3. The van der Waals surface area contributed by atoms with Gasteiger partial charge in [0.15, 0.2) is 0 Å². The summed E-state index contributed by atoms with van der Waals surface area (Å²) in [6, 6.07) is 7.45. The van der Waals surface area contributed by atoms with Gasteiger partial charge in [-0.15, -0.1) is 0 Å². The molecular formula is C13H18ClNO. The molecule has 0 spiro atoms. The maximum Gasteiger partial charge on any atom is 0.138 e. The van der Waals surface area contributed by atoms with Crippen molar-refractivity contribution in [3.63, 3.8) is 0 Å². The molecule has 1 rings (SSSR count). The summed E-state index contributed by atoms with van der Waals surface area (Å²) in [7, 11) is 0. The fourth-order valence-electron chi connectivity index (χ4n) is 1.23. The molecular weight excluding hydrogens is 222 g/mol. The lowest BCUT2D eigenvalue weighted by Crippen LogP contribution is -2.20. The van der Waals surface area contributed by atoms with Gasteiger partial charge in [-0.3, -0.25) is 0 Å². The summed E-state index contributed by atoms with van der Waals surface area (Å²) < 4.78 is 5.56. The second-order valence-corrected chi connectivity index (χ2v) is 4.05. The number of hydrogen-bond donors (Lipinski definition) is 1. The fourth-order valence-corrected chi connectivity index (χ4v) is 1.42. The zero-order valence-electron chi connectivity index (χ0n) is 9.63. The largest absolute Gasteiger partial charge is 0.488 e. The number of nitrogens with one attached hydrogen (secondary N) is 1. The van der Waals surface area contributed by atoms with Gasteiger partial charge in [-0.2, -0.15) is 0 Å². The van der Waals surface area contributed by atoms with Crippen molar-refractivity contribution in [2.45, 2.75) is 13.3 Å². The molecule has 0 heterocycles. The Morgan fingerprint density at radius 1 is 1.44 bits per heavy atom. The highest BCUT2D eigenvalue weighted by Crippen LogP contribution is 2.23. The van der Waals surface area contributed by atoms with Gasteiger partial charge >= 0.3 is 0 Å². The van der Waals surface area contributed by atoms with Crippen molar-refractivity contribution in [3.8, 4) is 5.75 Å². The molecule has 0 amide bonds. The maximum absolute atomic E-state index is 5.96. The quantitative estimate of drug-likeness (QED) is 0.583. The van der Waals surface area contributed by atoms with E-state index in [-0.39, 0.29) is 0 Å². The fraction of sp³-hybridized carbons (Fsp3) is 0.385. The number of ether oxygens (including phenoxy) is 1. The molecule has 0 aromatic heterocycles. The van der Waals surface area contributed by atoms with Crippen LogP contribution >= 0.6 is 11.6 Å². The predicted octanol–water partition coefficient (Wildman–Crippen LogP) is 3.27. The number of halogens is 1. The van der Waals surface area contributed by atoms with Crippen LogP contribution in [0.3, 0.4) is 0 Å². The highest BCUT2D eigenvalue weighted by atomic mass is 35.5. The van der Waals surface area contributed by atoms with Gasteiger partial charge < -0.3 is 10.1 Å².